The fourth-order valence-corrected chi connectivity index (χ4v) is 3.22. The number of hydrogen-bond acceptors (Lipinski definition) is 8. The number of nitrogens with zero attached hydrogens (tertiary/aromatic N) is 4. The molecule has 0 radical (unpaired) electrons. The van der Waals surface area contributed by atoms with E-state index in [1.54, 1.807) is 6.07 Å². The lowest BCUT2D eigenvalue weighted by Crippen LogP contribution is -2.14. The molecular weight excluding hydrogens is 460 g/mol. The maximum Gasteiger partial charge on any atom is 0.297 e. The number of H-pyrrole nitrogens is 1. The molecule has 0 saturated heterocycles. The lowest BCUT2D eigenvalue weighted by Gasteiger charge is -2.08. The summed E-state index contributed by atoms with van der Waals surface area (Å²) in [6.45, 7) is 0. The molecule has 4 rings (SSSR count). The molecule has 13 nitrogen and oxygen atoms in total. The second-order valence-corrected chi connectivity index (χ2v) is 7.12. The Bertz CT molecular complexity index is 1530. The number of nitro benzene ring substituents is 2. The van der Waals surface area contributed by atoms with Gasteiger partial charge in [-0.1, -0.05) is 12.1 Å². The maximum atomic E-state index is 12.7. The number of aromatic nitrogens is 1. The Hall–Kier alpha value is -5.46. The van der Waals surface area contributed by atoms with Crippen LogP contribution in [0.4, 0.5) is 22.7 Å². The van der Waals surface area contributed by atoms with E-state index < -0.39 is 27.5 Å². The van der Waals surface area contributed by atoms with E-state index in [2.05, 4.69) is 20.5 Å². The van der Waals surface area contributed by atoms with Crippen LogP contribution in [0.2, 0.25) is 0 Å². The minimum Gasteiger partial charge on any atom is -0.493 e. The minimum absolute atomic E-state index is 0.0168. The van der Waals surface area contributed by atoms with Crippen molar-refractivity contribution in [3.05, 3.63) is 98.1 Å². The van der Waals surface area contributed by atoms with Gasteiger partial charge in [0, 0.05) is 35.2 Å². The van der Waals surface area contributed by atoms with Gasteiger partial charge in [-0.3, -0.25) is 29.8 Å². The number of azo groups is 1. The lowest BCUT2D eigenvalue weighted by molar-refractivity contribution is -0.385. The summed E-state index contributed by atoms with van der Waals surface area (Å²) in [5, 5.41) is 42.1. The number of benzene rings is 3. The highest BCUT2D eigenvalue weighted by atomic mass is 16.6. The van der Waals surface area contributed by atoms with Gasteiger partial charge in [0.15, 0.2) is 5.69 Å². The second-order valence-electron chi connectivity index (χ2n) is 7.12. The highest BCUT2D eigenvalue weighted by Crippen LogP contribution is 2.37. The van der Waals surface area contributed by atoms with Gasteiger partial charge in [0.05, 0.1) is 26.6 Å². The van der Waals surface area contributed by atoms with Gasteiger partial charge in [0.2, 0.25) is 5.88 Å². The molecule has 13 heteroatoms. The van der Waals surface area contributed by atoms with Crippen molar-refractivity contribution in [3.63, 3.8) is 0 Å². The van der Waals surface area contributed by atoms with Crippen molar-refractivity contribution in [1.29, 1.82) is 0 Å². The first kappa shape index (κ1) is 22.7. The van der Waals surface area contributed by atoms with E-state index >= 15 is 0 Å². The van der Waals surface area contributed by atoms with Crippen molar-refractivity contribution >= 4 is 45.5 Å². The first-order valence-electron chi connectivity index (χ1n) is 9.84. The van der Waals surface area contributed by atoms with Crippen LogP contribution in [0.3, 0.4) is 0 Å². The minimum atomic E-state index is -0.858. The Balaban J connectivity index is 1.59. The summed E-state index contributed by atoms with van der Waals surface area (Å²) < 4.78 is 0. The van der Waals surface area contributed by atoms with Crippen LogP contribution in [0.15, 0.2) is 77.0 Å². The predicted molar refractivity (Wildman–Crippen MR) is 123 cm³/mol. The Labute approximate surface area is 195 Å². The maximum absolute atomic E-state index is 12.7. The number of nitrogens with one attached hydrogen (secondary N) is 2. The molecule has 2 amide bonds. The van der Waals surface area contributed by atoms with E-state index in [1.807, 2.05) is 0 Å². The monoisotopic (exact) mass is 474 g/mol. The summed E-state index contributed by atoms with van der Waals surface area (Å²) in [4.78, 5) is 48.5. The molecule has 0 saturated carbocycles. The smallest absolute Gasteiger partial charge is 0.297 e. The number of carbonyl (C=O) groups excluding carboxylic acids is 2. The largest absolute Gasteiger partial charge is 0.493 e. The molecule has 0 aliphatic rings. The highest BCUT2D eigenvalue weighted by molar-refractivity contribution is 6.09. The number of carbonyl (C=O) groups is 2. The number of rotatable bonds is 6. The van der Waals surface area contributed by atoms with Crippen LogP contribution in [0.25, 0.3) is 10.9 Å². The third-order valence-electron chi connectivity index (χ3n) is 4.93. The van der Waals surface area contributed by atoms with Gasteiger partial charge < -0.3 is 15.4 Å². The number of hydrogen-bond donors (Lipinski definition) is 3. The molecule has 0 atom stereocenters. The predicted octanol–water partition coefficient (Wildman–Crippen LogP) is 4.87. The number of aromatic hydroxyl groups is 1. The Kier molecular flexibility index (Phi) is 5.96. The molecule has 0 fully saturated rings. The van der Waals surface area contributed by atoms with Crippen LogP contribution in [-0.4, -0.2) is 31.8 Å². The topological polar surface area (TPSA) is 193 Å². The Morgan fingerprint density at radius 1 is 0.914 bits per heavy atom. The third-order valence-corrected chi connectivity index (χ3v) is 4.93. The molecule has 0 aliphatic heterocycles. The number of fused-ring (bicyclic) bond motifs is 1. The molecule has 0 spiro atoms. The number of aromatic amines is 1. The van der Waals surface area contributed by atoms with Crippen molar-refractivity contribution in [2.75, 3.05) is 5.32 Å². The molecular formula is C22H14N6O7. The summed E-state index contributed by atoms with van der Waals surface area (Å²) in [6.07, 6.45) is 0. The average molecular weight is 474 g/mol. The van der Waals surface area contributed by atoms with Gasteiger partial charge in [-0.15, -0.1) is 10.2 Å². The van der Waals surface area contributed by atoms with E-state index in [0.717, 1.165) is 0 Å². The van der Waals surface area contributed by atoms with E-state index in [4.69, 9.17) is 0 Å². The molecule has 1 heterocycles. The summed E-state index contributed by atoms with van der Waals surface area (Å²) >= 11 is 0. The highest BCUT2D eigenvalue weighted by Gasteiger charge is 2.18. The van der Waals surface area contributed by atoms with Crippen LogP contribution in [-0.2, 0) is 0 Å². The number of non-ortho nitro benzene ring substituents is 2. The molecule has 3 aromatic carbocycles. The first-order valence-corrected chi connectivity index (χ1v) is 9.84. The zero-order chi connectivity index (χ0) is 25.1. The van der Waals surface area contributed by atoms with E-state index in [1.165, 1.54) is 60.7 Å². The van der Waals surface area contributed by atoms with Gasteiger partial charge in [0.25, 0.3) is 23.2 Å². The molecule has 0 aliphatic carbocycles. The quantitative estimate of drug-likeness (QED) is 0.201. The number of para-hydroxylation sites is 1. The van der Waals surface area contributed by atoms with Gasteiger partial charge in [-0.2, -0.15) is 0 Å². The molecule has 1 aromatic heterocycles. The van der Waals surface area contributed by atoms with Crippen LogP contribution in [0, 0.1) is 20.2 Å². The first-order chi connectivity index (χ1) is 16.7. The van der Waals surface area contributed by atoms with Crippen LogP contribution >= 0.6 is 0 Å². The fraction of sp³-hybridized carbons (Fsp3) is 0. The number of nitro groups is 2. The molecule has 0 unspecified atom stereocenters. The number of amides is 2. The standard InChI is InChI=1S/C22H14N6O7/c29-20(12-5-7-13(8-6-12)27(32)33)23-17-4-2-1-3-15(17)21(30)26-25-19-16-11-14(28(34)35)9-10-18(16)24-22(19)31/h1-11,24,31H,(H,23,29). The van der Waals surface area contributed by atoms with Crippen LogP contribution in [0.1, 0.15) is 20.7 Å². The lowest BCUT2D eigenvalue weighted by atomic mass is 10.1. The Morgan fingerprint density at radius 2 is 1.57 bits per heavy atom. The van der Waals surface area contributed by atoms with E-state index in [-0.39, 0.29) is 39.3 Å². The molecule has 35 heavy (non-hydrogen) atoms. The van der Waals surface area contributed by atoms with Crippen LogP contribution in [0.5, 0.6) is 5.88 Å². The van der Waals surface area contributed by atoms with Crippen molar-refractivity contribution in [3.8, 4) is 5.88 Å². The summed E-state index contributed by atoms with van der Waals surface area (Å²) in [7, 11) is 0. The average Bonchev–Trinajstić information content (AvgIpc) is 3.16. The molecule has 3 N–H and O–H groups in total. The SMILES string of the molecule is O=C(Nc1ccccc1C(=O)N=Nc1c(O)[nH]c2ccc([N+](=O)[O-])cc12)c1ccc([N+](=O)[O-])cc1. The van der Waals surface area contributed by atoms with Gasteiger partial charge in [-0.05, 0) is 30.3 Å². The van der Waals surface area contributed by atoms with Crippen molar-refractivity contribution < 1.29 is 24.5 Å². The van der Waals surface area contributed by atoms with Crippen molar-refractivity contribution in [1.82, 2.24) is 4.98 Å². The van der Waals surface area contributed by atoms with Crippen LogP contribution < -0.4 is 5.32 Å². The van der Waals surface area contributed by atoms with Gasteiger partial charge in [-0.25, -0.2) is 0 Å². The second kappa shape index (κ2) is 9.19. The zero-order valence-corrected chi connectivity index (χ0v) is 17.5. The number of anilines is 1. The van der Waals surface area contributed by atoms with Gasteiger partial charge >= 0.3 is 0 Å². The normalized spacial score (nSPS) is 11.0. The van der Waals surface area contributed by atoms with E-state index in [9.17, 15) is 34.9 Å². The molecule has 0 bridgehead atoms. The molecule has 174 valence electrons. The zero-order valence-electron chi connectivity index (χ0n) is 17.5. The third kappa shape index (κ3) is 4.68. The summed E-state index contributed by atoms with van der Waals surface area (Å²) in [5.74, 6) is -1.90. The van der Waals surface area contributed by atoms with Crippen molar-refractivity contribution in [2.24, 2.45) is 10.2 Å². The summed E-state index contributed by atoms with van der Waals surface area (Å²) in [5.41, 5.74) is -0.00288. The Morgan fingerprint density at radius 3 is 2.26 bits per heavy atom. The van der Waals surface area contributed by atoms with Gasteiger partial charge in [0.1, 0.15) is 0 Å². The van der Waals surface area contributed by atoms with Crippen molar-refractivity contribution in [2.45, 2.75) is 0 Å². The summed E-state index contributed by atoms with van der Waals surface area (Å²) in [6, 6.07) is 14.7. The van der Waals surface area contributed by atoms with E-state index in [0.29, 0.717) is 5.52 Å². The molecule has 4 aromatic rings. The fourth-order valence-electron chi connectivity index (χ4n) is 3.22.